The maximum absolute atomic E-state index is 4.38. The van der Waals surface area contributed by atoms with Gasteiger partial charge in [0.05, 0.1) is 23.6 Å². The lowest BCUT2D eigenvalue weighted by Gasteiger charge is -2.19. The van der Waals surface area contributed by atoms with Gasteiger partial charge in [-0.25, -0.2) is 0 Å². The molecule has 5 heterocycles. The summed E-state index contributed by atoms with van der Waals surface area (Å²) in [5, 5.41) is 27.5. The van der Waals surface area contributed by atoms with E-state index in [1.54, 1.807) is 6.20 Å². The predicted octanol–water partition coefficient (Wildman–Crippen LogP) is 4.16. The zero-order valence-electron chi connectivity index (χ0n) is 18.7. The van der Waals surface area contributed by atoms with Crippen LogP contribution in [0, 0.1) is 0 Å². The van der Waals surface area contributed by atoms with E-state index in [0.29, 0.717) is 0 Å². The largest absolute Gasteiger partial charge is 0.358 e. The minimum absolute atomic E-state index is 0.816. The summed E-state index contributed by atoms with van der Waals surface area (Å²) in [5.74, 6) is 0.858. The Morgan fingerprint density at radius 3 is 2.41 bits per heavy atom. The molecule has 3 aromatic heterocycles. The predicted molar refractivity (Wildman–Crippen MR) is 127 cm³/mol. The van der Waals surface area contributed by atoms with Crippen LogP contribution in [0.4, 0.5) is 5.82 Å². The molecule has 0 spiro atoms. The van der Waals surface area contributed by atoms with Gasteiger partial charge in [-0.2, -0.15) is 10.2 Å². The lowest BCUT2D eigenvalue weighted by Crippen LogP contribution is -2.33. The number of nitrogens with one attached hydrogen (secondary N) is 3. The van der Waals surface area contributed by atoms with E-state index in [0.717, 1.165) is 57.7 Å². The summed E-state index contributed by atoms with van der Waals surface area (Å²) in [5.41, 5.74) is 4.84. The Hall–Kier alpha value is -3.26. The van der Waals surface area contributed by atoms with Gasteiger partial charge in [-0.05, 0) is 56.4 Å². The van der Waals surface area contributed by atoms with E-state index < -0.39 is 0 Å². The summed E-state index contributed by atoms with van der Waals surface area (Å²) in [6.45, 7) is 2.97. The third-order valence-corrected chi connectivity index (χ3v) is 6.66. The van der Waals surface area contributed by atoms with Gasteiger partial charge in [0.2, 0.25) is 0 Å². The average Bonchev–Trinajstić information content (AvgIpc) is 3.60. The van der Waals surface area contributed by atoms with Crippen LogP contribution in [0.25, 0.3) is 33.3 Å². The van der Waals surface area contributed by atoms with Crippen molar-refractivity contribution in [1.82, 2.24) is 35.9 Å². The molecule has 2 aliphatic rings. The molecule has 3 N–H and O–H groups in total. The molecule has 0 unspecified atom stereocenters. The third kappa shape index (κ3) is 4.10. The number of aromatic amines is 2. The highest BCUT2D eigenvalue weighted by atomic mass is 15.2. The van der Waals surface area contributed by atoms with Crippen LogP contribution in [0.1, 0.15) is 39.0 Å². The number of benzene rings is 1. The number of hydrogen-bond donors (Lipinski definition) is 3. The molecule has 2 bridgehead atoms. The third-order valence-electron chi connectivity index (χ3n) is 6.66. The lowest BCUT2D eigenvalue weighted by molar-refractivity contribution is 0.406. The standard InChI is InChI=1S/C17H17N7.C7H13N/c1-3-24(2)16-7-6-15(21-22-16)13-5-4-12(11-8-18-19-9-11)14-10-20-23-17(13)14;1-2-6-4-5-7(3-1)8-6/h4-10H,3H2,1-2H3,(H,18,19)(H,20,23);6-8H,1-5H2/t;6-,7-/m.1/s1. The quantitative estimate of drug-likeness (QED) is 0.450. The zero-order chi connectivity index (χ0) is 21.9. The second-order valence-corrected chi connectivity index (χ2v) is 8.67. The highest BCUT2D eigenvalue weighted by molar-refractivity contribution is 6.01. The molecule has 166 valence electrons. The lowest BCUT2D eigenvalue weighted by atomic mass is 10.0. The van der Waals surface area contributed by atoms with Crippen molar-refractivity contribution in [2.45, 2.75) is 51.1 Å². The minimum atomic E-state index is 0.816. The first-order chi connectivity index (χ1) is 15.7. The van der Waals surface area contributed by atoms with Gasteiger partial charge in [-0.3, -0.25) is 10.2 Å². The van der Waals surface area contributed by atoms with Crippen LogP contribution in [0.5, 0.6) is 0 Å². The van der Waals surface area contributed by atoms with E-state index in [-0.39, 0.29) is 0 Å². The van der Waals surface area contributed by atoms with E-state index >= 15 is 0 Å². The molecule has 2 fully saturated rings. The minimum Gasteiger partial charge on any atom is -0.358 e. The van der Waals surface area contributed by atoms with Gasteiger partial charge < -0.3 is 10.2 Å². The highest BCUT2D eigenvalue weighted by Gasteiger charge is 2.26. The van der Waals surface area contributed by atoms with Gasteiger partial charge >= 0.3 is 0 Å². The smallest absolute Gasteiger partial charge is 0.151 e. The fraction of sp³-hybridized carbons (Fsp3) is 0.417. The average molecular weight is 431 g/mol. The molecule has 2 saturated heterocycles. The van der Waals surface area contributed by atoms with E-state index in [1.165, 1.54) is 32.1 Å². The maximum atomic E-state index is 4.38. The molecule has 8 nitrogen and oxygen atoms in total. The van der Waals surface area contributed by atoms with Crippen molar-refractivity contribution in [2.75, 3.05) is 18.5 Å². The van der Waals surface area contributed by atoms with Crippen molar-refractivity contribution in [3.8, 4) is 22.4 Å². The molecule has 6 rings (SSSR count). The van der Waals surface area contributed by atoms with Crippen LogP contribution < -0.4 is 10.2 Å². The second-order valence-electron chi connectivity index (χ2n) is 8.67. The molecule has 2 aliphatic heterocycles. The van der Waals surface area contributed by atoms with Crippen LogP contribution in [-0.2, 0) is 0 Å². The van der Waals surface area contributed by atoms with Crippen molar-refractivity contribution >= 4 is 16.7 Å². The first kappa shape index (κ1) is 20.6. The summed E-state index contributed by atoms with van der Waals surface area (Å²) in [6, 6.07) is 9.89. The van der Waals surface area contributed by atoms with Crippen molar-refractivity contribution in [3.05, 3.63) is 42.9 Å². The van der Waals surface area contributed by atoms with E-state index in [2.05, 4.69) is 48.9 Å². The summed E-state index contributed by atoms with van der Waals surface area (Å²) in [7, 11) is 2.00. The number of hydrogen-bond acceptors (Lipinski definition) is 6. The normalized spacial score (nSPS) is 19.6. The van der Waals surface area contributed by atoms with Crippen LogP contribution >= 0.6 is 0 Å². The number of aromatic nitrogens is 6. The first-order valence-electron chi connectivity index (χ1n) is 11.5. The molecule has 0 saturated carbocycles. The Balaban J connectivity index is 0.000000225. The van der Waals surface area contributed by atoms with Crippen molar-refractivity contribution in [2.24, 2.45) is 0 Å². The van der Waals surface area contributed by atoms with Gasteiger partial charge in [-0.1, -0.05) is 12.5 Å². The number of fused-ring (bicyclic) bond motifs is 3. The number of rotatable bonds is 4. The van der Waals surface area contributed by atoms with Crippen molar-refractivity contribution in [3.63, 3.8) is 0 Å². The Morgan fingerprint density at radius 1 is 0.938 bits per heavy atom. The van der Waals surface area contributed by atoms with E-state index in [4.69, 9.17) is 0 Å². The zero-order valence-corrected chi connectivity index (χ0v) is 18.7. The fourth-order valence-electron chi connectivity index (χ4n) is 4.70. The number of anilines is 1. The monoisotopic (exact) mass is 430 g/mol. The highest BCUT2D eigenvalue weighted by Crippen LogP contribution is 2.33. The van der Waals surface area contributed by atoms with Gasteiger partial charge in [-0.15, -0.1) is 10.2 Å². The molecule has 0 aliphatic carbocycles. The van der Waals surface area contributed by atoms with Gasteiger partial charge in [0.25, 0.3) is 0 Å². The Morgan fingerprint density at radius 2 is 1.75 bits per heavy atom. The number of piperidine rings is 1. The van der Waals surface area contributed by atoms with Crippen LogP contribution in [0.3, 0.4) is 0 Å². The van der Waals surface area contributed by atoms with Gasteiger partial charge in [0.15, 0.2) is 5.82 Å². The van der Waals surface area contributed by atoms with Gasteiger partial charge in [0.1, 0.15) is 0 Å². The molecular weight excluding hydrogens is 400 g/mol. The molecule has 0 radical (unpaired) electrons. The molecule has 2 atom stereocenters. The van der Waals surface area contributed by atoms with Crippen molar-refractivity contribution < 1.29 is 0 Å². The molecular formula is C24H30N8. The van der Waals surface area contributed by atoms with Crippen molar-refractivity contribution in [1.29, 1.82) is 0 Å². The number of nitrogens with zero attached hydrogens (tertiary/aromatic N) is 5. The van der Waals surface area contributed by atoms with Crippen LogP contribution in [-0.4, -0.2) is 56.3 Å². The maximum Gasteiger partial charge on any atom is 0.151 e. The molecule has 0 amide bonds. The SMILES string of the molecule is C1C[C@@H]2CC[C@@H](C1)N2.CCN(C)c1ccc(-c2ccc(-c3cn[nH]c3)c3cn[nH]c23)nn1. The molecule has 8 heteroatoms. The van der Waals surface area contributed by atoms with E-state index in [1.807, 2.05) is 42.5 Å². The van der Waals surface area contributed by atoms with Crippen LogP contribution in [0.2, 0.25) is 0 Å². The Kier molecular flexibility index (Phi) is 5.85. The topological polar surface area (TPSA) is 98.4 Å². The molecule has 1 aromatic carbocycles. The Bertz CT molecular complexity index is 1130. The summed E-state index contributed by atoms with van der Waals surface area (Å²) in [4.78, 5) is 2.05. The summed E-state index contributed by atoms with van der Waals surface area (Å²) >= 11 is 0. The van der Waals surface area contributed by atoms with Crippen LogP contribution in [0.15, 0.2) is 42.9 Å². The Labute approximate surface area is 187 Å². The summed E-state index contributed by atoms with van der Waals surface area (Å²) < 4.78 is 0. The fourth-order valence-corrected chi connectivity index (χ4v) is 4.70. The number of H-pyrrole nitrogens is 2. The van der Waals surface area contributed by atoms with Gasteiger partial charge in [0, 0.05) is 48.4 Å². The van der Waals surface area contributed by atoms with E-state index in [9.17, 15) is 0 Å². The first-order valence-corrected chi connectivity index (χ1v) is 11.5. The molecule has 32 heavy (non-hydrogen) atoms. The summed E-state index contributed by atoms with van der Waals surface area (Å²) in [6.07, 6.45) is 12.8. The molecule has 4 aromatic rings. The second kappa shape index (κ2) is 9.08.